The largest absolute Gasteiger partial charge is 0.384 e. The Labute approximate surface area is 221 Å². The summed E-state index contributed by atoms with van der Waals surface area (Å²) in [6.45, 7) is 5.96. The van der Waals surface area contributed by atoms with Gasteiger partial charge in [0.1, 0.15) is 11.6 Å². The Balaban J connectivity index is 0.00000320. The molecule has 1 N–H and O–H groups in total. The van der Waals surface area contributed by atoms with Gasteiger partial charge in [-0.3, -0.25) is 4.79 Å². The maximum Gasteiger partial charge on any atom is 0.227 e. The number of rotatable bonds is 4. The van der Waals surface area contributed by atoms with Crippen molar-refractivity contribution in [2.45, 2.75) is 25.9 Å². The van der Waals surface area contributed by atoms with Crippen molar-refractivity contribution in [3.8, 4) is 11.1 Å². The van der Waals surface area contributed by atoms with Gasteiger partial charge in [-0.2, -0.15) is 5.10 Å². The molecule has 1 amide bonds. The van der Waals surface area contributed by atoms with E-state index in [9.17, 15) is 18.7 Å². The highest BCUT2D eigenvalue weighted by Gasteiger charge is 2.47. The van der Waals surface area contributed by atoms with Crippen molar-refractivity contribution < 1.29 is 18.7 Å². The number of anilines is 1. The molecule has 9 heteroatoms. The van der Waals surface area contributed by atoms with Crippen LogP contribution in [0.4, 0.5) is 14.6 Å². The second-order valence-electron chi connectivity index (χ2n) is 10.1. The lowest BCUT2D eigenvalue weighted by atomic mass is 9.70. The van der Waals surface area contributed by atoms with Crippen LogP contribution in [0.1, 0.15) is 25.8 Å². The number of benzene rings is 2. The Kier molecular flexibility index (Phi) is 7.80. The summed E-state index contributed by atoms with van der Waals surface area (Å²) in [5.74, 6) is -1.26. The third-order valence-corrected chi connectivity index (χ3v) is 7.80. The Morgan fingerprint density at radius 1 is 1.00 bits per heavy atom. The minimum Gasteiger partial charge on any atom is -0.384 e. The number of hydrogen-bond donors (Lipinski definition) is 1. The van der Waals surface area contributed by atoms with Crippen LogP contribution in [0.5, 0.6) is 0 Å². The number of aliphatic hydroxyl groups is 1. The molecule has 6 nitrogen and oxygen atoms in total. The standard InChI is InChI=1S/C28H30F2N4O2.ClH/c1-18-15-34(16-19(2)28(18,36)21-6-4-3-5-7-21)27(35)20-11-13-33(17-20)26-24(10-12-31-32-26)23-9-8-22(29)14-25(23)30;/h3-10,12,14,18-20,36H,11,13,15-17H2,1-2H3;1H/t18-,19+,20?,28?;. The molecule has 3 aromatic rings. The number of amides is 1. The molecule has 2 aromatic carbocycles. The molecule has 0 bridgehead atoms. The van der Waals surface area contributed by atoms with Crippen LogP contribution in [-0.4, -0.2) is 52.3 Å². The van der Waals surface area contributed by atoms with Crippen LogP contribution < -0.4 is 4.90 Å². The van der Waals surface area contributed by atoms with Crippen molar-refractivity contribution in [3.63, 3.8) is 0 Å². The summed E-state index contributed by atoms with van der Waals surface area (Å²) in [5.41, 5.74) is 0.652. The molecule has 0 radical (unpaired) electrons. The van der Waals surface area contributed by atoms with E-state index in [-0.39, 0.29) is 41.6 Å². The topological polar surface area (TPSA) is 69.6 Å². The first kappa shape index (κ1) is 26.9. The highest BCUT2D eigenvalue weighted by atomic mass is 35.5. The van der Waals surface area contributed by atoms with Gasteiger partial charge in [-0.1, -0.05) is 44.2 Å². The molecule has 0 aliphatic carbocycles. The zero-order chi connectivity index (χ0) is 25.4. The average molecular weight is 529 g/mol. The van der Waals surface area contributed by atoms with Crippen molar-refractivity contribution >= 4 is 24.1 Å². The molecular weight excluding hydrogens is 498 g/mol. The number of carbonyl (C=O) groups excluding carboxylic acids is 1. The van der Waals surface area contributed by atoms with Gasteiger partial charge in [-0.15, -0.1) is 17.5 Å². The monoisotopic (exact) mass is 528 g/mol. The molecule has 3 heterocycles. The van der Waals surface area contributed by atoms with Gasteiger partial charge in [0.15, 0.2) is 5.82 Å². The highest BCUT2D eigenvalue weighted by Crippen LogP contribution is 2.42. The van der Waals surface area contributed by atoms with E-state index in [2.05, 4.69) is 10.2 Å². The third kappa shape index (κ3) is 4.92. The SMILES string of the molecule is C[C@@H]1CN(C(=O)C2CCN(c3nnccc3-c3ccc(F)cc3F)C2)C[C@H](C)C1(O)c1ccccc1.Cl. The minimum atomic E-state index is -0.993. The van der Waals surface area contributed by atoms with E-state index in [1.807, 2.05) is 54.0 Å². The summed E-state index contributed by atoms with van der Waals surface area (Å²) >= 11 is 0. The molecule has 2 unspecified atom stereocenters. The van der Waals surface area contributed by atoms with Crippen molar-refractivity contribution in [1.29, 1.82) is 0 Å². The zero-order valence-corrected chi connectivity index (χ0v) is 21.7. The van der Waals surface area contributed by atoms with Gasteiger partial charge in [0.2, 0.25) is 5.91 Å². The Morgan fingerprint density at radius 2 is 1.70 bits per heavy atom. The minimum absolute atomic E-state index is 0. The first-order valence-electron chi connectivity index (χ1n) is 12.4. The maximum atomic E-state index is 14.5. The van der Waals surface area contributed by atoms with Gasteiger partial charge in [0.25, 0.3) is 0 Å². The van der Waals surface area contributed by atoms with Gasteiger partial charge in [0.05, 0.1) is 17.7 Å². The van der Waals surface area contributed by atoms with Crippen molar-refractivity contribution in [3.05, 3.63) is 78.0 Å². The zero-order valence-electron chi connectivity index (χ0n) is 20.8. The molecule has 5 rings (SSSR count). The summed E-state index contributed by atoms with van der Waals surface area (Å²) < 4.78 is 28.0. The number of nitrogens with zero attached hydrogens (tertiary/aromatic N) is 4. The Hall–Kier alpha value is -3.10. The van der Waals surface area contributed by atoms with Gasteiger partial charge >= 0.3 is 0 Å². The number of piperidine rings is 1. The normalized spacial score (nSPS) is 25.6. The van der Waals surface area contributed by atoms with Crippen LogP contribution in [0.3, 0.4) is 0 Å². The summed E-state index contributed by atoms with van der Waals surface area (Å²) in [5, 5.41) is 19.8. The molecule has 196 valence electrons. The number of carbonyl (C=O) groups is 1. The molecule has 1 aromatic heterocycles. The van der Waals surface area contributed by atoms with Crippen LogP contribution in [0, 0.1) is 29.4 Å². The van der Waals surface area contributed by atoms with Crippen LogP contribution in [0.25, 0.3) is 11.1 Å². The fourth-order valence-corrected chi connectivity index (χ4v) is 5.84. The summed E-state index contributed by atoms with van der Waals surface area (Å²) in [6.07, 6.45) is 2.12. The fraction of sp³-hybridized carbons (Fsp3) is 0.393. The van der Waals surface area contributed by atoms with Gasteiger partial charge in [0, 0.05) is 55.2 Å². The number of likely N-dealkylation sites (tertiary alicyclic amines) is 1. The van der Waals surface area contributed by atoms with E-state index in [0.29, 0.717) is 44.0 Å². The molecule has 2 aliphatic rings. The van der Waals surface area contributed by atoms with E-state index in [4.69, 9.17) is 0 Å². The lowest BCUT2D eigenvalue weighted by molar-refractivity contribution is -0.152. The molecule has 4 atom stereocenters. The van der Waals surface area contributed by atoms with E-state index in [1.54, 1.807) is 6.07 Å². The number of aromatic nitrogens is 2. The maximum absolute atomic E-state index is 14.5. The second kappa shape index (κ2) is 10.7. The van der Waals surface area contributed by atoms with Gasteiger partial charge in [-0.25, -0.2) is 8.78 Å². The predicted molar refractivity (Wildman–Crippen MR) is 140 cm³/mol. The van der Waals surface area contributed by atoms with E-state index < -0.39 is 17.2 Å². The van der Waals surface area contributed by atoms with Crippen LogP contribution in [0.2, 0.25) is 0 Å². The van der Waals surface area contributed by atoms with E-state index >= 15 is 0 Å². The van der Waals surface area contributed by atoms with Crippen molar-refractivity contribution in [2.24, 2.45) is 17.8 Å². The molecule has 0 saturated carbocycles. The lowest BCUT2D eigenvalue weighted by Gasteiger charge is -2.48. The number of halogens is 3. The molecule has 2 fully saturated rings. The fourth-order valence-electron chi connectivity index (χ4n) is 5.84. The summed E-state index contributed by atoms with van der Waals surface area (Å²) in [4.78, 5) is 17.4. The molecule has 37 heavy (non-hydrogen) atoms. The smallest absolute Gasteiger partial charge is 0.227 e. The lowest BCUT2D eigenvalue weighted by Crippen LogP contribution is -2.56. The third-order valence-electron chi connectivity index (χ3n) is 7.80. The molecule has 2 aliphatic heterocycles. The second-order valence-corrected chi connectivity index (χ2v) is 10.1. The van der Waals surface area contributed by atoms with Gasteiger partial charge < -0.3 is 14.9 Å². The van der Waals surface area contributed by atoms with Crippen molar-refractivity contribution in [2.75, 3.05) is 31.1 Å². The first-order valence-corrected chi connectivity index (χ1v) is 12.4. The molecular formula is C28H31ClF2N4O2. The van der Waals surface area contributed by atoms with Crippen LogP contribution in [0.15, 0.2) is 60.8 Å². The van der Waals surface area contributed by atoms with Crippen molar-refractivity contribution in [1.82, 2.24) is 15.1 Å². The first-order chi connectivity index (χ1) is 17.3. The Morgan fingerprint density at radius 3 is 2.38 bits per heavy atom. The molecule has 2 saturated heterocycles. The predicted octanol–water partition coefficient (Wildman–Crippen LogP) is 4.67. The van der Waals surface area contributed by atoms with E-state index in [1.165, 1.54) is 18.3 Å². The quantitative estimate of drug-likeness (QED) is 0.533. The van der Waals surface area contributed by atoms with Crippen LogP contribution in [-0.2, 0) is 10.4 Å². The summed E-state index contributed by atoms with van der Waals surface area (Å²) in [6, 6.07) is 14.8. The van der Waals surface area contributed by atoms with E-state index in [0.717, 1.165) is 11.6 Å². The van der Waals surface area contributed by atoms with Gasteiger partial charge in [-0.05, 0) is 30.2 Å². The Bertz CT molecular complexity index is 1250. The van der Waals surface area contributed by atoms with Crippen LogP contribution >= 0.6 is 12.4 Å². The number of hydrogen-bond acceptors (Lipinski definition) is 5. The highest BCUT2D eigenvalue weighted by molar-refractivity contribution is 5.85. The average Bonchev–Trinajstić information content (AvgIpc) is 3.37. The summed E-state index contributed by atoms with van der Waals surface area (Å²) in [7, 11) is 0. The molecule has 0 spiro atoms.